The molecule has 3 aromatic rings. The third-order valence-corrected chi connectivity index (χ3v) is 3.84. The smallest absolute Gasteiger partial charge is 0.258 e. The Hall–Kier alpha value is -2.57. The van der Waals surface area contributed by atoms with Crippen molar-refractivity contribution < 1.29 is 4.79 Å². The molecule has 122 valence electrons. The van der Waals surface area contributed by atoms with Gasteiger partial charge in [0.2, 0.25) is 0 Å². The number of fused-ring (bicyclic) bond motifs is 1. The average Bonchev–Trinajstić information content (AvgIpc) is 2.54. The molecule has 0 radical (unpaired) electrons. The number of benzene rings is 1. The highest BCUT2D eigenvalue weighted by Gasteiger charge is 2.10. The van der Waals surface area contributed by atoms with Gasteiger partial charge in [-0.1, -0.05) is 23.2 Å². The summed E-state index contributed by atoms with van der Waals surface area (Å²) in [6.07, 6.45) is 1.51. The number of carbonyl (C=O) groups excluding carboxylic acids is 1. The van der Waals surface area contributed by atoms with E-state index in [1.165, 1.54) is 22.7 Å². The number of rotatable bonds is 4. The van der Waals surface area contributed by atoms with Crippen molar-refractivity contribution in [3.63, 3.8) is 0 Å². The molecule has 0 atom stereocenters. The first-order valence-electron chi connectivity index (χ1n) is 6.95. The number of halogens is 2. The molecule has 2 heterocycles. The van der Waals surface area contributed by atoms with Gasteiger partial charge in [0.25, 0.3) is 11.5 Å². The van der Waals surface area contributed by atoms with E-state index in [1.807, 2.05) is 0 Å². The number of aromatic nitrogens is 2. The Morgan fingerprint density at radius 3 is 2.67 bits per heavy atom. The molecule has 2 aromatic heterocycles. The van der Waals surface area contributed by atoms with Crippen LogP contribution in [0.5, 0.6) is 0 Å². The summed E-state index contributed by atoms with van der Waals surface area (Å²) < 4.78 is 1.36. The number of amides is 1. The molecule has 1 aromatic carbocycles. The molecule has 0 saturated carbocycles. The van der Waals surface area contributed by atoms with Crippen LogP contribution in [0.1, 0.15) is 16.1 Å². The molecule has 0 unspecified atom stereocenters. The third kappa shape index (κ3) is 3.34. The van der Waals surface area contributed by atoms with E-state index in [0.29, 0.717) is 27.1 Å². The second-order valence-corrected chi connectivity index (χ2v) is 5.94. The first-order valence-corrected chi connectivity index (χ1v) is 7.71. The highest BCUT2D eigenvalue weighted by molar-refractivity contribution is 6.31. The van der Waals surface area contributed by atoms with Gasteiger partial charge in [-0.25, -0.2) is 4.98 Å². The summed E-state index contributed by atoms with van der Waals surface area (Å²) in [7, 11) is 0. The molecule has 0 aliphatic carbocycles. The quantitative estimate of drug-likeness (QED) is 0.746. The van der Waals surface area contributed by atoms with Crippen LogP contribution in [0.15, 0.2) is 47.4 Å². The largest absolute Gasteiger partial charge is 0.379 e. The maximum atomic E-state index is 12.1. The molecule has 6 nitrogen and oxygen atoms in total. The standard InChI is InChI=1S/C16H12Cl2N4O2/c17-9-1-3-13(12(5-9)16(19)24)20-7-11-6-15(23)22-8-10(18)2-4-14(22)21-11/h1-6,8,20H,7H2,(H2,19,24). The van der Waals surface area contributed by atoms with Crippen molar-refractivity contribution in [3.8, 4) is 0 Å². The molecule has 0 aliphatic rings. The van der Waals surface area contributed by atoms with Crippen molar-refractivity contribution in [1.29, 1.82) is 0 Å². The van der Waals surface area contributed by atoms with Gasteiger partial charge >= 0.3 is 0 Å². The van der Waals surface area contributed by atoms with Crippen LogP contribution in [0.3, 0.4) is 0 Å². The fourth-order valence-electron chi connectivity index (χ4n) is 2.28. The number of hydrogen-bond donors (Lipinski definition) is 2. The molecule has 0 fully saturated rings. The molecule has 0 aliphatic heterocycles. The Labute approximate surface area is 146 Å². The van der Waals surface area contributed by atoms with Gasteiger partial charge in [0.15, 0.2) is 0 Å². The lowest BCUT2D eigenvalue weighted by atomic mass is 10.1. The predicted octanol–water partition coefficient (Wildman–Crippen LogP) is 2.71. The first-order chi connectivity index (χ1) is 11.4. The van der Waals surface area contributed by atoms with Crippen molar-refractivity contribution in [1.82, 2.24) is 9.38 Å². The van der Waals surface area contributed by atoms with E-state index in [4.69, 9.17) is 28.9 Å². The maximum absolute atomic E-state index is 12.1. The molecular formula is C16H12Cl2N4O2. The minimum atomic E-state index is -0.596. The number of nitrogens with one attached hydrogen (secondary N) is 1. The number of nitrogens with zero attached hydrogens (tertiary/aromatic N) is 2. The number of anilines is 1. The van der Waals surface area contributed by atoms with Crippen LogP contribution in [0.25, 0.3) is 5.65 Å². The van der Waals surface area contributed by atoms with E-state index in [1.54, 1.807) is 24.3 Å². The molecule has 3 N–H and O–H groups in total. The second-order valence-electron chi connectivity index (χ2n) is 5.07. The summed E-state index contributed by atoms with van der Waals surface area (Å²) in [6.45, 7) is 0.246. The number of carbonyl (C=O) groups is 1. The summed E-state index contributed by atoms with van der Waals surface area (Å²) in [5, 5.41) is 3.90. The zero-order valence-electron chi connectivity index (χ0n) is 12.3. The van der Waals surface area contributed by atoms with E-state index in [-0.39, 0.29) is 17.7 Å². The van der Waals surface area contributed by atoms with Gasteiger partial charge in [-0.05, 0) is 30.3 Å². The lowest BCUT2D eigenvalue weighted by Crippen LogP contribution is -2.18. The Morgan fingerprint density at radius 1 is 1.17 bits per heavy atom. The topological polar surface area (TPSA) is 89.5 Å². The Bertz CT molecular complexity index is 1000. The molecule has 0 saturated heterocycles. The van der Waals surface area contributed by atoms with E-state index in [2.05, 4.69) is 10.3 Å². The summed E-state index contributed by atoms with van der Waals surface area (Å²) in [5.74, 6) is -0.596. The first kappa shape index (κ1) is 16.3. The Kier molecular flexibility index (Phi) is 4.42. The summed E-state index contributed by atoms with van der Waals surface area (Å²) >= 11 is 11.8. The molecule has 0 spiro atoms. The van der Waals surface area contributed by atoms with Gasteiger partial charge in [0.05, 0.1) is 22.8 Å². The van der Waals surface area contributed by atoms with Crippen molar-refractivity contribution in [2.75, 3.05) is 5.32 Å². The van der Waals surface area contributed by atoms with Crippen molar-refractivity contribution in [2.24, 2.45) is 5.73 Å². The van der Waals surface area contributed by atoms with Crippen molar-refractivity contribution >= 4 is 40.4 Å². The lowest BCUT2D eigenvalue weighted by Gasteiger charge is -2.10. The average molecular weight is 363 g/mol. The number of hydrogen-bond acceptors (Lipinski definition) is 4. The molecule has 1 amide bonds. The summed E-state index contributed by atoms with van der Waals surface area (Å²) in [6, 6.07) is 9.49. The fraction of sp³-hybridized carbons (Fsp3) is 0.0625. The van der Waals surface area contributed by atoms with Gasteiger partial charge in [0, 0.05) is 23.0 Å². The predicted molar refractivity (Wildman–Crippen MR) is 93.8 cm³/mol. The van der Waals surface area contributed by atoms with Gasteiger partial charge in [0.1, 0.15) is 5.65 Å². The molecular weight excluding hydrogens is 351 g/mol. The van der Waals surface area contributed by atoms with Crippen LogP contribution in [0.2, 0.25) is 10.0 Å². The number of nitrogens with two attached hydrogens (primary N) is 1. The zero-order chi connectivity index (χ0) is 17.3. The minimum Gasteiger partial charge on any atom is -0.379 e. The highest BCUT2D eigenvalue weighted by Crippen LogP contribution is 2.20. The van der Waals surface area contributed by atoms with E-state index >= 15 is 0 Å². The fourth-order valence-corrected chi connectivity index (χ4v) is 2.61. The van der Waals surface area contributed by atoms with Crippen LogP contribution in [-0.2, 0) is 6.54 Å². The molecule has 8 heteroatoms. The van der Waals surface area contributed by atoms with Gasteiger partial charge in [-0.2, -0.15) is 0 Å². The minimum absolute atomic E-state index is 0.245. The van der Waals surface area contributed by atoms with Gasteiger partial charge in [-0.3, -0.25) is 14.0 Å². The normalized spacial score (nSPS) is 10.8. The van der Waals surface area contributed by atoms with Crippen LogP contribution in [0.4, 0.5) is 5.69 Å². The lowest BCUT2D eigenvalue weighted by molar-refractivity contribution is 0.100. The van der Waals surface area contributed by atoms with E-state index in [9.17, 15) is 9.59 Å². The number of pyridine rings is 1. The maximum Gasteiger partial charge on any atom is 0.258 e. The SMILES string of the molecule is NC(=O)c1cc(Cl)ccc1NCc1cc(=O)n2cc(Cl)ccc2n1. The molecule has 3 rings (SSSR count). The van der Waals surface area contributed by atoms with Gasteiger partial charge in [-0.15, -0.1) is 0 Å². The zero-order valence-corrected chi connectivity index (χ0v) is 13.8. The third-order valence-electron chi connectivity index (χ3n) is 3.38. The summed E-state index contributed by atoms with van der Waals surface area (Å²) in [4.78, 5) is 28.0. The second kappa shape index (κ2) is 6.51. The van der Waals surface area contributed by atoms with Crippen LogP contribution < -0.4 is 16.6 Å². The van der Waals surface area contributed by atoms with E-state index in [0.717, 1.165) is 0 Å². The summed E-state index contributed by atoms with van der Waals surface area (Å²) in [5.41, 5.74) is 6.89. The Morgan fingerprint density at radius 2 is 1.92 bits per heavy atom. The van der Waals surface area contributed by atoms with Crippen LogP contribution in [-0.4, -0.2) is 15.3 Å². The highest BCUT2D eigenvalue weighted by atomic mass is 35.5. The number of primary amides is 1. The van der Waals surface area contributed by atoms with Crippen molar-refractivity contribution in [2.45, 2.75) is 6.54 Å². The molecule has 0 bridgehead atoms. The van der Waals surface area contributed by atoms with Gasteiger partial charge < -0.3 is 11.1 Å². The van der Waals surface area contributed by atoms with Crippen molar-refractivity contribution in [3.05, 3.63) is 74.3 Å². The van der Waals surface area contributed by atoms with Crippen LogP contribution >= 0.6 is 23.2 Å². The monoisotopic (exact) mass is 362 g/mol. The Balaban J connectivity index is 1.90. The van der Waals surface area contributed by atoms with Crippen LogP contribution in [0, 0.1) is 0 Å². The molecule has 24 heavy (non-hydrogen) atoms. The van der Waals surface area contributed by atoms with E-state index < -0.39 is 5.91 Å².